The van der Waals surface area contributed by atoms with Gasteiger partial charge < -0.3 is 11.1 Å². The van der Waals surface area contributed by atoms with Crippen LogP contribution in [0.5, 0.6) is 0 Å². The molecule has 2 rings (SSSR count). The SMILES string of the molecule is Cc1cnn(-c2ccc(F)cc2NC(N)=S)c1. The molecule has 17 heavy (non-hydrogen) atoms. The molecule has 2 aromatic rings. The van der Waals surface area contributed by atoms with Crippen molar-refractivity contribution < 1.29 is 4.39 Å². The topological polar surface area (TPSA) is 55.9 Å². The molecule has 4 nitrogen and oxygen atoms in total. The van der Waals surface area contributed by atoms with Crippen LogP contribution in [0.3, 0.4) is 0 Å². The highest BCUT2D eigenvalue weighted by atomic mass is 32.1. The van der Waals surface area contributed by atoms with Crippen LogP contribution >= 0.6 is 12.2 Å². The minimum Gasteiger partial charge on any atom is -0.376 e. The highest BCUT2D eigenvalue weighted by molar-refractivity contribution is 7.80. The van der Waals surface area contributed by atoms with E-state index in [-0.39, 0.29) is 10.9 Å². The number of nitrogens with two attached hydrogens (primary N) is 1. The Morgan fingerprint density at radius 2 is 2.29 bits per heavy atom. The highest BCUT2D eigenvalue weighted by Crippen LogP contribution is 2.21. The first-order chi connectivity index (χ1) is 8.06. The molecular formula is C11H11FN4S. The first-order valence-electron chi connectivity index (χ1n) is 4.94. The van der Waals surface area contributed by atoms with Gasteiger partial charge >= 0.3 is 0 Å². The number of hydrogen-bond donors (Lipinski definition) is 2. The predicted octanol–water partition coefficient (Wildman–Crippen LogP) is 1.98. The second kappa shape index (κ2) is 4.50. The van der Waals surface area contributed by atoms with Crippen LogP contribution in [-0.2, 0) is 0 Å². The van der Waals surface area contributed by atoms with Gasteiger partial charge in [0.2, 0.25) is 0 Å². The molecule has 0 saturated carbocycles. The van der Waals surface area contributed by atoms with Crippen LogP contribution < -0.4 is 11.1 Å². The largest absolute Gasteiger partial charge is 0.376 e. The predicted molar refractivity (Wildman–Crippen MR) is 68.7 cm³/mol. The average Bonchev–Trinajstić information content (AvgIpc) is 2.64. The third-order valence-corrected chi connectivity index (χ3v) is 2.28. The second-order valence-corrected chi connectivity index (χ2v) is 4.05. The number of thiocarbonyl (C=S) groups is 1. The zero-order valence-corrected chi connectivity index (χ0v) is 9.96. The van der Waals surface area contributed by atoms with E-state index < -0.39 is 0 Å². The summed E-state index contributed by atoms with van der Waals surface area (Å²) < 4.78 is 14.8. The Kier molecular flexibility index (Phi) is 3.06. The zero-order chi connectivity index (χ0) is 12.4. The Balaban J connectivity index is 2.49. The molecule has 3 N–H and O–H groups in total. The molecule has 0 unspecified atom stereocenters. The summed E-state index contributed by atoms with van der Waals surface area (Å²) in [7, 11) is 0. The fraction of sp³-hybridized carbons (Fsp3) is 0.0909. The van der Waals surface area contributed by atoms with Crippen molar-refractivity contribution in [2.45, 2.75) is 6.92 Å². The van der Waals surface area contributed by atoms with Crippen LogP contribution in [0.4, 0.5) is 10.1 Å². The van der Waals surface area contributed by atoms with Gasteiger partial charge in [-0.15, -0.1) is 0 Å². The summed E-state index contributed by atoms with van der Waals surface area (Å²) in [5, 5.41) is 6.97. The molecule has 0 atom stereocenters. The fourth-order valence-electron chi connectivity index (χ4n) is 1.49. The van der Waals surface area contributed by atoms with E-state index >= 15 is 0 Å². The van der Waals surface area contributed by atoms with E-state index in [0.717, 1.165) is 5.56 Å². The molecule has 0 amide bonds. The van der Waals surface area contributed by atoms with E-state index in [1.165, 1.54) is 12.1 Å². The molecule has 0 aliphatic heterocycles. The van der Waals surface area contributed by atoms with E-state index in [2.05, 4.69) is 10.4 Å². The first-order valence-corrected chi connectivity index (χ1v) is 5.35. The summed E-state index contributed by atoms with van der Waals surface area (Å²) in [6.07, 6.45) is 3.55. The van der Waals surface area contributed by atoms with Crippen LogP contribution in [0.25, 0.3) is 5.69 Å². The van der Waals surface area contributed by atoms with Gasteiger partial charge in [-0.25, -0.2) is 9.07 Å². The van der Waals surface area contributed by atoms with Crippen molar-refractivity contribution in [3.8, 4) is 5.69 Å². The van der Waals surface area contributed by atoms with Gasteiger partial charge in [-0.05, 0) is 42.9 Å². The second-order valence-electron chi connectivity index (χ2n) is 3.61. The molecule has 0 bridgehead atoms. The van der Waals surface area contributed by atoms with E-state index in [0.29, 0.717) is 11.4 Å². The molecule has 1 aromatic carbocycles. The van der Waals surface area contributed by atoms with Crippen molar-refractivity contribution in [1.29, 1.82) is 0 Å². The van der Waals surface area contributed by atoms with Gasteiger partial charge in [0, 0.05) is 6.20 Å². The van der Waals surface area contributed by atoms with Gasteiger partial charge in [0.25, 0.3) is 0 Å². The lowest BCUT2D eigenvalue weighted by atomic mass is 10.2. The van der Waals surface area contributed by atoms with Crippen LogP contribution in [0.1, 0.15) is 5.56 Å². The Hall–Kier alpha value is -1.95. The minimum atomic E-state index is -0.364. The molecule has 0 saturated heterocycles. The van der Waals surface area contributed by atoms with Gasteiger partial charge in [0.1, 0.15) is 5.82 Å². The van der Waals surface area contributed by atoms with Crippen molar-refractivity contribution in [1.82, 2.24) is 9.78 Å². The third-order valence-electron chi connectivity index (χ3n) is 2.17. The van der Waals surface area contributed by atoms with Crippen molar-refractivity contribution in [3.63, 3.8) is 0 Å². The number of anilines is 1. The standard InChI is InChI=1S/C11H11FN4S/c1-7-5-14-16(6-7)10-3-2-8(12)4-9(10)15-11(13)17/h2-6H,1H3,(H3,13,15,17). The zero-order valence-electron chi connectivity index (χ0n) is 9.14. The van der Waals surface area contributed by atoms with Gasteiger partial charge in [0.05, 0.1) is 17.6 Å². The Morgan fingerprint density at radius 1 is 1.53 bits per heavy atom. The number of rotatable bonds is 2. The number of aromatic nitrogens is 2. The monoisotopic (exact) mass is 250 g/mol. The van der Waals surface area contributed by atoms with E-state index in [4.69, 9.17) is 18.0 Å². The Labute approximate surface area is 103 Å². The molecule has 6 heteroatoms. The third kappa shape index (κ3) is 2.59. The summed E-state index contributed by atoms with van der Waals surface area (Å²) in [6, 6.07) is 4.30. The van der Waals surface area contributed by atoms with Crippen LogP contribution in [-0.4, -0.2) is 14.9 Å². The quantitative estimate of drug-likeness (QED) is 0.800. The summed E-state index contributed by atoms with van der Waals surface area (Å²) in [6.45, 7) is 1.92. The first kappa shape index (κ1) is 11.5. The number of benzene rings is 1. The maximum Gasteiger partial charge on any atom is 0.168 e. The van der Waals surface area contributed by atoms with Crippen LogP contribution in [0.2, 0.25) is 0 Å². The number of nitrogens with zero attached hydrogens (tertiary/aromatic N) is 2. The molecule has 1 heterocycles. The molecule has 0 fully saturated rings. The molecule has 0 aliphatic rings. The minimum absolute atomic E-state index is 0.0840. The van der Waals surface area contributed by atoms with Crippen molar-refractivity contribution in [3.05, 3.63) is 42.0 Å². The normalized spacial score (nSPS) is 10.2. The molecule has 0 spiro atoms. The van der Waals surface area contributed by atoms with Crippen molar-refractivity contribution >= 4 is 23.0 Å². The summed E-state index contributed by atoms with van der Waals surface area (Å²) in [5.41, 5.74) is 7.58. The molecular weight excluding hydrogens is 239 g/mol. The van der Waals surface area contributed by atoms with Crippen molar-refractivity contribution in [2.75, 3.05) is 5.32 Å². The number of aryl methyl sites for hydroxylation is 1. The lowest BCUT2D eigenvalue weighted by molar-refractivity contribution is 0.627. The maximum atomic E-state index is 13.2. The Morgan fingerprint density at radius 3 is 2.88 bits per heavy atom. The smallest absolute Gasteiger partial charge is 0.168 e. The number of halogens is 1. The fourth-order valence-corrected chi connectivity index (χ4v) is 1.60. The average molecular weight is 250 g/mol. The summed E-state index contributed by atoms with van der Waals surface area (Å²) in [4.78, 5) is 0. The van der Waals surface area contributed by atoms with Crippen LogP contribution in [0, 0.1) is 12.7 Å². The van der Waals surface area contributed by atoms with E-state index in [1.807, 2.05) is 13.1 Å². The maximum absolute atomic E-state index is 13.2. The number of nitrogens with one attached hydrogen (secondary N) is 1. The molecule has 88 valence electrons. The van der Waals surface area contributed by atoms with Crippen molar-refractivity contribution in [2.24, 2.45) is 5.73 Å². The van der Waals surface area contributed by atoms with Gasteiger partial charge in [-0.3, -0.25) is 0 Å². The lowest BCUT2D eigenvalue weighted by Gasteiger charge is -2.10. The lowest BCUT2D eigenvalue weighted by Crippen LogP contribution is -2.20. The van der Waals surface area contributed by atoms with Gasteiger partial charge in [0.15, 0.2) is 5.11 Å². The van der Waals surface area contributed by atoms with Crippen LogP contribution in [0.15, 0.2) is 30.6 Å². The number of hydrogen-bond acceptors (Lipinski definition) is 2. The highest BCUT2D eigenvalue weighted by Gasteiger charge is 2.07. The molecule has 1 aromatic heterocycles. The summed E-state index contributed by atoms with van der Waals surface area (Å²) in [5.74, 6) is -0.364. The van der Waals surface area contributed by atoms with Gasteiger partial charge in [-0.1, -0.05) is 0 Å². The molecule has 0 radical (unpaired) electrons. The van der Waals surface area contributed by atoms with E-state index in [9.17, 15) is 4.39 Å². The van der Waals surface area contributed by atoms with E-state index in [1.54, 1.807) is 16.9 Å². The van der Waals surface area contributed by atoms with Gasteiger partial charge in [-0.2, -0.15) is 5.10 Å². The Bertz CT molecular complexity index is 564. The summed E-state index contributed by atoms with van der Waals surface area (Å²) >= 11 is 4.75. The molecule has 0 aliphatic carbocycles.